The Bertz CT molecular complexity index is 77.2. The van der Waals surface area contributed by atoms with Crippen molar-refractivity contribution in [3.8, 4) is 0 Å². The normalized spacial score (nSPS) is 9.00. The van der Waals surface area contributed by atoms with Crippen molar-refractivity contribution in [1.29, 1.82) is 0 Å². The first-order valence-corrected chi connectivity index (χ1v) is 12.4. The summed E-state index contributed by atoms with van der Waals surface area (Å²) in [7, 11) is 0.872. The maximum atomic E-state index is 3.71. The predicted molar refractivity (Wildman–Crippen MR) is 87.0 cm³/mol. The van der Waals surface area contributed by atoms with Crippen LogP contribution in [0.5, 0.6) is 0 Å². The van der Waals surface area contributed by atoms with Gasteiger partial charge in [0.25, 0.3) is 0 Å². The summed E-state index contributed by atoms with van der Waals surface area (Å²) in [4.78, 5) is 0. The minimum Gasteiger partial charge on any atom is -0.339 e. The summed E-state index contributed by atoms with van der Waals surface area (Å²) in [6, 6.07) is 0. The first kappa shape index (κ1) is 26.5. The van der Waals surface area contributed by atoms with Crippen molar-refractivity contribution in [2.24, 2.45) is 0 Å². The quantitative estimate of drug-likeness (QED) is 0.503. The minimum absolute atomic E-state index is 0. The van der Waals surface area contributed by atoms with E-state index >= 15 is 0 Å². The molecule has 0 saturated heterocycles. The molecule has 0 spiro atoms. The van der Waals surface area contributed by atoms with Crippen LogP contribution in [-0.2, 0) is 20.1 Å². The average Bonchev–Trinajstić information content (AvgIpc) is 2.19. The van der Waals surface area contributed by atoms with Crippen LogP contribution in [0.3, 0.4) is 0 Å². The Labute approximate surface area is 123 Å². The molecule has 0 heterocycles. The summed E-state index contributed by atoms with van der Waals surface area (Å²) in [6.07, 6.45) is 3.36. The van der Waals surface area contributed by atoms with Crippen molar-refractivity contribution in [1.82, 2.24) is 0 Å². The number of hydrogen-bond acceptors (Lipinski definition) is 0. The van der Waals surface area contributed by atoms with Gasteiger partial charge in [-0.1, -0.05) is 0 Å². The first-order valence-electron chi connectivity index (χ1n) is 5.13. The molecule has 0 aliphatic heterocycles. The van der Waals surface area contributed by atoms with E-state index in [4.69, 9.17) is 0 Å². The van der Waals surface area contributed by atoms with Crippen LogP contribution in [0.25, 0.3) is 0 Å². The average molecular weight is 365 g/mol. The van der Waals surface area contributed by atoms with Gasteiger partial charge in [-0.3, -0.25) is 0 Å². The van der Waals surface area contributed by atoms with Crippen LogP contribution in [0.4, 0.5) is 0 Å². The standard InChI is InChI=1S/3C4H10P.Tc/c3*1-4-5(2)3;/h3*1,4H2,2-3H3;/q3*-1;. The summed E-state index contributed by atoms with van der Waals surface area (Å²) in [5, 5.41) is 0. The smallest absolute Gasteiger partial charge is 0 e. The second-order valence-electron chi connectivity index (χ2n) is 3.91. The van der Waals surface area contributed by atoms with Gasteiger partial charge in [0, 0.05) is 20.1 Å². The zero-order valence-corrected chi connectivity index (χ0v) is 16.5. The second-order valence-corrected chi connectivity index (χ2v) is 11.7. The van der Waals surface area contributed by atoms with Crippen LogP contribution in [0.2, 0.25) is 0 Å². The molecule has 0 aromatic carbocycles. The second kappa shape index (κ2) is 22.1. The molecule has 1 radical (unpaired) electrons. The van der Waals surface area contributed by atoms with E-state index in [2.05, 4.69) is 60.8 Å². The third-order valence-electron chi connectivity index (χ3n) is 1.34. The maximum Gasteiger partial charge on any atom is 0 e. The molecule has 0 fully saturated rings. The van der Waals surface area contributed by atoms with E-state index < -0.39 is 0 Å². The monoisotopic (exact) mass is 364 g/mol. The van der Waals surface area contributed by atoms with Gasteiger partial charge in [0.05, 0.1) is 0 Å². The van der Waals surface area contributed by atoms with Gasteiger partial charge in [-0.05, 0) is 40.0 Å². The molecule has 0 nitrogen and oxygen atoms in total. The van der Waals surface area contributed by atoms with Crippen molar-refractivity contribution in [2.75, 3.05) is 58.5 Å². The fraction of sp³-hybridized carbons (Fsp3) is 0.750. The van der Waals surface area contributed by atoms with Crippen molar-refractivity contribution >= 4 is 23.8 Å². The topological polar surface area (TPSA) is 0 Å². The predicted octanol–water partition coefficient (Wildman–Crippen LogP) is 4.68. The number of rotatable bonds is 3. The molecule has 0 saturated carbocycles. The van der Waals surface area contributed by atoms with Crippen molar-refractivity contribution in [2.45, 2.75) is 0 Å². The molecule has 103 valence electrons. The van der Waals surface area contributed by atoms with Crippen LogP contribution < -0.4 is 0 Å². The van der Waals surface area contributed by atoms with Gasteiger partial charge < -0.3 is 20.8 Å². The fourth-order valence-corrected chi connectivity index (χ4v) is 0. The first-order chi connectivity index (χ1) is 6.81. The molecule has 0 rings (SSSR count). The van der Waals surface area contributed by atoms with Crippen LogP contribution in [0, 0.1) is 20.8 Å². The molecule has 0 amide bonds. The largest absolute Gasteiger partial charge is 0.339 e. The van der Waals surface area contributed by atoms with Crippen molar-refractivity contribution < 1.29 is 20.1 Å². The number of hydrogen-bond donors (Lipinski definition) is 0. The Morgan fingerprint density at radius 3 is 0.625 bits per heavy atom. The molecule has 16 heavy (non-hydrogen) atoms. The Kier molecular flexibility index (Phi) is 36.7. The molecule has 4 heteroatoms. The van der Waals surface area contributed by atoms with E-state index in [1.165, 1.54) is 0 Å². The van der Waals surface area contributed by atoms with Gasteiger partial charge >= 0.3 is 0 Å². The van der Waals surface area contributed by atoms with E-state index in [1.54, 1.807) is 0 Å². The Balaban J connectivity index is -0.0000000655. The fourth-order valence-electron chi connectivity index (χ4n) is 0. The summed E-state index contributed by atoms with van der Waals surface area (Å²) in [5.41, 5.74) is 0. The van der Waals surface area contributed by atoms with Gasteiger partial charge in [0.1, 0.15) is 0 Å². The third-order valence-corrected chi connectivity index (χ3v) is 4.02. The molecule has 0 aliphatic rings. The van der Waals surface area contributed by atoms with Gasteiger partial charge in [-0.2, -0.15) is 18.5 Å². The summed E-state index contributed by atoms with van der Waals surface area (Å²) in [5.74, 6) is 0. The van der Waals surface area contributed by atoms with Gasteiger partial charge in [0.15, 0.2) is 0 Å². The Morgan fingerprint density at radius 2 is 0.625 bits per heavy atom. The SMILES string of the molecule is [CH2-]CP(C)C.[CH2-]CP(C)C.[CH2-]CP(C)C.[Tc]. The van der Waals surface area contributed by atoms with E-state index in [-0.39, 0.29) is 20.1 Å². The van der Waals surface area contributed by atoms with Crippen molar-refractivity contribution in [3.05, 3.63) is 20.8 Å². The third kappa shape index (κ3) is 56.4. The Morgan fingerprint density at radius 1 is 0.562 bits per heavy atom. The van der Waals surface area contributed by atoms with Crippen LogP contribution >= 0.6 is 23.8 Å². The molecule has 0 aromatic heterocycles. The molecular formula is C12H30P3Tc-3. The van der Waals surface area contributed by atoms with E-state index in [1.807, 2.05) is 0 Å². The summed E-state index contributed by atoms with van der Waals surface area (Å²) in [6.45, 7) is 24.5. The van der Waals surface area contributed by atoms with E-state index in [9.17, 15) is 0 Å². The zero-order valence-electron chi connectivity index (χ0n) is 12.0. The molecule has 0 aliphatic carbocycles. The molecule has 0 N–H and O–H groups in total. The van der Waals surface area contributed by atoms with Crippen LogP contribution in [0.15, 0.2) is 0 Å². The Hall–Kier alpha value is 1.94. The van der Waals surface area contributed by atoms with Gasteiger partial charge in [-0.25, -0.2) is 0 Å². The van der Waals surface area contributed by atoms with Crippen molar-refractivity contribution in [3.63, 3.8) is 0 Å². The molecule has 0 aromatic rings. The van der Waals surface area contributed by atoms with Crippen LogP contribution in [0.1, 0.15) is 0 Å². The molecule has 0 bridgehead atoms. The summed E-state index contributed by atoms with van der Waals surface area (Å²) >= 11 is 0. The van der Waals surface area contributed by atoms with Crippen LogP contribution in [-0.4, -0.2) is 58.5 Å². The maximum absolute atomic E-state index is 3.71. The minimum atomic E-state index is 0. The van der Waals surface area contributed by atoms with E-state index in [0.29, 0.717) is 23.8 Å². The molecule has 0 atom stereocenters. The van der Waals surface area contributed by atoms with Gasteiger partial charge in [0.2, 0.25) is 0 Å². The van der Waals surface area contributed by atoms with Gasteiger partial charge in [-0.15, -0.1) is 23.8 Å². The summed E-state index contributed by atoms with van der Waals surface area (Å²) < 4.78 is 0. The van der Waals surface area contributed by atoms with E-state index in [0.717, 1.165) is 18.5 Å². The zero-order chi connectivity index (χ0) is 12.9. The molecular weight excluding hydrogens is 335 g/mol. The molecule has 0 unspecified atom stereocenters.